The van der Waals surface area contributed by atoms with E-state index in [1.54, 1.807) is 24.3 Å². The van der Waals surface area contributed by atoms with Gasteiger partial charge in [0.15, 0.2) is 0 Å². The second kappa shape index (κ2) is 5.98. The molecule has 0 heterocycles. The zero-order valence-corrected chi connectivity index (χ0v) is 11.7. The summed E-state index contributed by atoms with van der Waals surface area (Å²) >= 11 is 0. The van der Waals surface area contributed by atoms with Gasteiger partial charge in [-0.1, -0.05) is 18.2 Å². The summed E-state index contributed by atoms with van der Waals surface area (Å²) in [6, 6.07) is 5.16. The minimum Gasteiger partial charge on any atom is -0.207 e. The van der Waals surface area contributed by atoms with Gasteiger partial charge in [0, 0.05) is 13.1 Å². The van der Waals surface area contributed by atoms with Crippen LogP contribution in [0.3, 0.4) is 0 Å². The molecule has 1 aromatic rings. The van der Waals surface area contributed by atoms with E-state index >= 15 is 0 Å². The number of hydrogen-bond acceptors (Lipinski definition) is 2. The third kappa shape index (κ3) is 3.09. The second-order valence-electron chi connectivity index (χ2n) is 4.15. The topological polar surface area (TPSA) is 37.4 Å². The fraction of sp³-hybridized carbons (Fsp3) is 0.286. The van der Waals surface area contributed by atoms with Crippen molar-refractivity contribution < 1.29 is 8.42 Å². The third-order valence-electron chi connectivity index (χ3n) is 2.78. The summed E-state index contributed by atoms with van der Waals surface area (Å²) in [7, 11) is -3.47. The van der Waals surface area contributed by atoms with Crippen molar-refractivity contribution in [1.29, 1.82) is 0 Å². The summed E-state index contributed by atoms with van der Waals surface area (Å²) < 4.78 is 26.2. The largest absolute Gasteiger partial charge is 0.243 e. The van der Waals surface area contributed by atoms with Crippen LogP contribution in [0.1, 0.15) is 11.1 Å². The molecule has 98 valence electrons. The lowest BCUT2D eigenvalue weighted by Gasteiger charge is -2.19. The average molecular weight is 265 g/mol. The molecule has 0 aliphatic rings. The van der Waals surface area contributed by atoms with Crippen LogP contribution >= 0.6 is 0 Å². The molecule has 0 bridgehead atoms. The van der Waals surface area contributed by atoms with Crippen LogP contribution in [-0.2, 0) is 10.0 Å². The van der Waals surface area contributed by atoms with Crippen molar-refractivity contribution in [3.63, 3.8) is 0 Å². The minimum atomic E-state index is -3.47. The van der Waals surface area contributed by atoms with Gasteiger partial charge in [-0.15, -0.1) is 13.2 Å². The highest BCUT2D eigenvalue weighted by molar-refractivity contribution is 7.89. The lowest BCUT2D eigenvalue weighted by Crippen LogP contribution is -2.31. The third-order valence-corrected chi connectivity index (χ3v) is 4.61. The Hall–Kier alpha value is -1.39. The zero-order valence-electron chi connectivity index (χ0n) is 10.9. The Morgan fingerprint density at radius 3 is 2.11 bits per heavy atom. The smallest absolute Gasteiger partial charge is 0.207 e. The van der Waals surface area contributed by atoms with Crippen LogP contribution in [0.5, 0.6) is 0 Å². The monoisotopic (exact) mass is 265 g/mol. The maximum Gasteiger partial charge on any atom is 0.243 e. The Morgan fingerprint density at radius 2 is 1.67 bits per heavy atom. The van der Waals surface area contributed by atoms with Crippen LogP contribution in [-0.4, -0.2) is 25.8 Å². The van der Waals surface area contributed by atoms with E-state index in [2.05, 4.69) is 13.2 Å². The van der Waals surface area contributed by atoms with Gasteiger partial charge in [0.2, 0.25) is 10.0 Å². The molecule has 0 atom stereocenters. The molecule has 0 saturated carbocycles. The summed E-state index contributed by atoms with van der Waals surface area (Å²) in [4.78, 5) is 0.314. The maximum atomic E-state index is 12.4. The maximum absolute atomic E-state index is 12.4. The van der Waals surface area contributed by atoms with Crippen LogP contribution in [0, 0.1) is 13.8 Å². The van der Waals surface area contributed by atoms with E-state index in [0.717, 1.165) is 11.1 Å². The van der Waals surface area contributed by atoms with Gasteiger partial charge >= 0.3 is 0 Å². The van der Waals surface area contributed by atoms with Crippen LogP contribution in [0.2, 0.25) is 0 Å². The molecule has 0 aliphatic heterocycles. The predicted octanol–water partition coefficient (Wildman–Crippen LogP) is 2.67. The highest BCUT2D eigenvalue weighted by atomic mass is 32.2. The molecular formula is C14H19NO2S. The van der Waals surface area contributed by atoms with E-state index < -0.39 is 10.0 Å². The zero-order chi connectivity index (χ0) is 13.8. The Bertz CT molecular complexity index is 537. The second-order valence-corrected chi connectivity index (χ2v) is 6.08. The normalized spacial score (nSPS) is 11.5. The molecule has 0 N–H and O–H groups in total. The molecule has 0 aliphatic carbocycles. The highest BCUT2D eigenvalue weighted by Crippen LogP contribution is 2.19. The van der Waals surface area contributed by atoms with E-state index in [-0.39, 0.29) is 13.1 Å². The Kier molecular flexibility index (Phi) is 4.87. The molecule has 4 heteroatoms. The highest BCUT2D eigenvalue weighted by Gasteiger charge is 2.22. The molecule has 1 rings (SSSR count). The van der Waals surface area contributed by atoms with Crippen LogP contribution < -0.4 is 0 Å². The molecule has 0 spiro atoms. The van der Waals surface area contributed by atoms with Gasteiger partial charge in [0.25, 0.3) is 0 Å². The molecule has 0 aromatic heterocycles. The molecule has 18 heavy (non-hydrogen) atoms. The van der Waals surface area contributed by atoms with Crippen LogP contribution in [0.4, 0.5) is 0 Å². The summed E-state index contributed by atoms with van der Waals surface area (Å²) in [5.41, 5.74) is 2.04. The van der Waals surface area contributed by atoms with E-state index in [0.29, 0.717) is 4.90 Å². The fourth-order valence-corrected chi connectivity index (χ4v) is 3.05. The number of aryl methyl sites for hydroxylation is 2. The lowest BCUT2D eigenvalue weighted by atomic mass is 10.1. The molecule has 0 unspecified atom stereocenters. The van der Waals surface area contributed by atoms with Crippen molar-refractivity contribution in [2.24, 2.45) is 0 Å². The molecule has 0 saturated heterocycles. The number of rotatable bonds is 6. The van der Waals surface area contributed by atoms with E-state index in [1.165, 1.54) is 4.31 Å². The fourth-order valence-electron chi connectivity index (χ4n) is 1.58. The molecule has 0 fully saturated rings. The molecule has 0 amide bonds. The van der Waals surface area contributed by atoms with Gasteiger partial charge in [-0.3, -0.25) is 0 Å². The van der Waals surface area contributed by atoms with Gasteiger partial charge in [-0.25, -0.2) is 8.42 Å². The first-order chi connectivity index (χ1) is 8.43. The van der Waals surface area contributed by atoms with Crippen LogP contribution in [0.15, 0.2) is 48.4 Å². The van der Waals surface area contributed by atoms with Gasteiger partial charge in [-0.2, -0.15) is 4.31 Å². The molecule has 1 aromatic carbocycles. The Morgan fingerprint density at radius 1 is 1.11 bits per heavy atom. The minimum absolute atomic E-state index is 0.279. The number of sulfonamides is 1. The molecule has 3 nitrogen and oxygen atoms in total. The van der Waals surface area contributed by atoms with Gasteiger partial charge in [0.05, 0.1) is 4.90 Å². The first-order valence-electron chi connectivity index (χ1n) is 5.72. The Labute approximate surface area is 109 Å². The van der Waals surface area contributed by atoms with Crippen molar-refractivity contribution in [3.05, 3.63) is 54.6 Å². The van der Waals surface area contributed by atoms with Crippen molar-refractivity contribution in [2.75, 3.05) is 13.1 Å². The number of benzene rings is 1. The van der Waals surface area contributed by atoms with E-state index in [9.17, 15) is 8.42 Å². The summed E-state index contributed by atoms with van der Waals surface area (Å²) in [6.45, 7) is 11.6. The van der Waals surface area contributed by atoms with Crippen molar-refractivity contribution in [1.82, 2.24) is 4.31 Å². The summed E-state index contributed by atoms with van der Waals surface area (Å²) in [5.74, 6) is 0. The SMILES string of the molecule is C=CCN(CC=C)S(=O)(=O)c1ccc(C)c(C)c1. The standard InChI is InChI=1S/C14H19NO2S/c1-5-9-15(10-6-2)18(16,17)14-8-7-12(3)13(4)11-14/h5-8,11H,1-2,9-10H2,3-4H3. The Balaban J connectivity index is 3.21. The predicted molar refractivity (Wildman–Crippen MR) is 75.1 cm³/mol. The van der Waals surface area contributed by atoms with Crippen molar-refractivity contribution in [3.8, 4) is 0 Å². The van der Waals surface area contributed by atoms with Gasteiger partial charge in [0.1, 0.15) is 0 Å². The first-order valence-corrected chi connectivity index (χ1v) is 7.16. The number of nitrogens with zero attached hydrogens (tertiary/aromatic N) is 1. The first kappa shape index (κ1) is 14.7. The molecular weight excluding hydrogens is 246 g/mol. The lowest BCUT2D eigenvalue weighted by molar-refractivity contribution is 0.474. The van der Waals surface area contributed by atoms with Gasteiger partial charge in [-0.05, 0) is 37.1 Å². The summed E-state index contributed by atoms with van der Waals surface area (Å²) in [5, 5.41) is 0. The molecule has 0 radical (unpaired) electrons. The average Bonchev–Trinajstić information content (AvgIpc) is 2.32. The van der Waals surface area contributed by atoms with E-state index in [1.807, 2.05) is 19.9 Å². The van der Waals surface area contributed by atoms with Gasteiger partial charge < -0.3 is 0 Å². The quantitative estimate of drug-likeness (QED) is 0.742. The van der Waals surface area contributed by atoms with E-state index in [4.69, 9.17) is 0 Å². The van der Waals surface area contributed by atoms with Crippen LogP contribution in [0.25, 0.3) is 0 Å². The van der Waals surface area contributed by atoms with Crippen molar-refractivity contribution in [2.45, 2.75) is 18.7 Å². The summed E-state index contributed by atoms with van der Waals surface area (Å²) in [6.07, 6.45) is 3.14. The number of hydrogen-bond donors (Lipinski definition) is 0. The van der Waals surface area contributed by atoms with Crippen molar-refractivity contribution >= 4 is 10.0 Å².